The molecular formula is C13H21NO. The van der Waals surface area contributed by atoms with Crippen molar-refractivity contribution in [1.29, 1.82) is 0 Å². The average Bonchev–Trinajstić information content (AvgIpc) is 2.68. The highest BCUT2D eigenvalue weighted by Gasteiger charge is 1.92. The first kappa shape index (κ1) is 12.1. The Morgan fingerprint density at radius 1 is 1.47 bits per heavy atom. The molecule has 1 rings (SSSR count). The molecule has 0 amide bonds. The van der Waals surface area contributed by atoms with Crippen molar-refractivity contribution in [2.75, 3.05) is 13.1 Å². The summed E-state index contributed by atoms with van der Waals surface area (Å²) in [7, 11) is 0. The van der Waals surface area contributed by atoms with E-state index in [-0.39, 0.29) is 0 Å². The van der Waals surface area contributed by atoms with Crippen molar-refractivity contribution in [2.45, 2.75) is 26.7 Å². The highest BCUT2D eigenvalue weighted by Crippen LogP contribution is 2.02. The highest BCUT2D eigenvalue weighted by molar-refractivity contribution is 5.42. The van der Waals surface area contributed by atoms with Crippen LogP contribution >= 0.6 is 0 Å². The Morgan fingerprint density at radius 3 is 3.00 bits per heavy atom. The molecule has 0 aliphatic heterocycles. The zero-order valence-corrected chi connectivity index (χ0v) is 9.70. The van der Waals surface area contributed by atoms with Crippen molar-refractivity contribution in [1.82, 2.24) is 5.32 Å². The maximum atomic E-state index is 5.18. The molecule has 0 fully saturated rings. The lowest BCUT2D eigenvalue weighted by molar-refractivity contribution is 0.537. The van der Waals surface area contributed by atoms with E-state index in [1.807, 2.05) is 18.2 Å². The van der Waals surface area contributed by atoms with E-state index in [4.69, 9.17) is 4.42 Å². The van der Waals surface area contributed by atoms with Gasteiger partial charge in [-0.2, -0.15) is 0 Å². The third-order valence-electron chi connectivity index (χ3n) is 2.22. The number of furan rings is 1. The van der Waals surface area contributed by atoms with Crippen LogP contribution in [0.15, 0.2) is 28.9 Å². The van der Waals surface area contributed by atoms with Gasteiger partial charge in [-0.05, 0) is 43.5 Å². The van der Waals surface area contributed by atoms with Crippen LogP contribution in [-0.4, -0.2) is 13.1 Å². The molecule has 0 bridgehead atoms. The summed E-state index contributed by atoms with van der Waals surface area (Å²) in [5.41, 5.74) is 0. The quantitative estimate of drug-likeness (QED) is 0.694. The van der Waals surface area contributed by atoms with E-state index in [9.17, 15) is 0 Å². The van der Waals surface area contributed by atoms with Gasteiger partial charge in [0.15, 0.2) is 0 Å². The Balaban J connectivity index is 1.97. The molecule has 0 atom stereocenters. The molecule has 1 aromatic rings. The van der Waals surface area contributed by atoms with E-state index >= 15 is 0 Å². The Morgan fingerprint density at radius 2 is 2.33 bits per heavy atom. The smallest absolute Gasteiger partial charge is 0.126 e. The van der Waals surface area contributed by atoms with Gasteiger partial charge in [-0.3, -0.25) is 0 Å². The largest absolute Gasteiger partial charge is 0.465 e. The Hall–Kier alpha value is -1.02. The van der Waals surface area contributed by atoms with Crippen LogP contribution in [0.5, 0.6) is 0 Å². The van der Waals surface area contributed by atoms with Crippen LogP contribution in [0.2, 0.25) is 0 Å². The Bertz CT molecular complexity index is 262. The van der Waals surface area contributed by atoms with E-state index in [1.165, 1.54) is 12.8 Å². The topological polar surface area (TPSA) is 25.2 Å². The van der Waals surface area contributed by atoms with Crippen molar-refractivity contribution in [2.24, 2.45) is 5.92 Å². The van der Waals surface area contributed by atoms with Crippen molar-refractivity contribution >= 4 is 6.08 Å². The summed E-state index contributed by atoms with van der Waals surface area (Å²) in [5.74, 6) is 1.73. The molecule has 1 aromatic heterocycles. The predicted molar refractivity (Wildman–Crippen MR) is 64.7 cm³/mol. The molecular weight excluding hydrogens is 186 g/mol. The van der Waals surface area contributed by atoms with Crippen LogP contribution in [0, 0.1) is 5.92 Å². The van der Waals surface area contributed by atoms with Gasteiger partial charge in [-0.15, -0.1) is 0 Å². The van der Waals surface area contributed by atoms with Crippen molar-refractivity contribution in [3.05, 3.63) is 30.2 Å². The Labute approximate surface area is 92.4 Å². The van der Waals surface area contributed by atoms with Crippen LogP contribution in [0.1, 0.15) is 32.4 Å². The Kier molecular flexibility index (Phi) is 5.86. The second-order valence-electron chi connectivity index (χ2n) is 4.16. The summed E-state index contributed by atoms with van der Waals surface area (Å²) in [6.07, 6.45) is 8.33. The van der Waals surface area contributed by atoms with Gasteiger partial charge in [0.1, 0.15) is 5.76 Å². The maximum Gasteiger partial charge on any atom is 0.126 e. The molecule has 0 radical (unpaired) electrons. The average molecular weight is 207 g/mol. The molecule has 0 unspecified atom stereocenters. The molecule has 0 spiro atoms. The lowest BCUT2D eigenvalue weighted by Crippen LogP contribution is -2.15. The van der Waals surface area contributed by atoms with E-state index in [0.717, 1.165) is 24.8 Å². The zero-order chi connectivity index (χ0) is 10.9. The van der Waals surface area contributed by atoms with E-state index in [0.29, 0.717) is 0 Å². The zero-order valence-electron chi connectivity index (χ0n) is 9.70. The molecule has 2 heteroatoms. The van der Waals surface area contributed by atoms with Crippen molar-refractivity contribution < 1.29 is 4.42 Å². The summed E-state index contributed by atoms with van der Waals surface area (Å²) in [6.45, 7) is 6.53. The fraction of sp³-hybridized carbons (Fsp3) is 0.538. The van der Waals surface area contributed by atoms with E-state index in [2.05, 4.69) is 25.2 Å². The molecule has 0 saturated carbocycles. The lowest BCUT2D eigenvalue weighted by atomic mass is 10.1. The minimum atomic E-state index is 0.811. The first-order chi connectivity index (χ1) is 7.29. The first-order valence-corrected chi connectivity index (χ1v) is 5.70. The number of hydrogen-bond donors (Lipinski definition) is 1. The third-order valence-corrected chi connectivity index (χ3v) is 2.22. The maximum absolute atomic E-state index is 5.18. The molecule has 1 N–H and O–H groups in total. The summed E-state index contributed by atoms with van der Waals surface area (Å²) in [6, 6.07) is 3.85. The van der Waals surface area contributed by atoms with E-state index < -0.39 is 0 Å². The highest BCUT2D eigenvalue weighted by atomic mass is 16.3. The van der Waals surface area contributed by atoms with Crippen LogP contribution in [0.25, 0.3) is 6.08 Å². The minimum absolute atomic E-state index is 0.811. The number of hydrogen-bond acceptors (Lipinski definition) is 2. The van der Waals surface area contributed by atoms with Crippen LogP contribution in [0.3, 0.4) is 0 Å². The standard InChI is InChI=1S/C13H21NO/c1-12(2)6-3-9-14-10-4-7-13-8-5-11-15-13/h4-5,7-8,11-12,14H,3,6,9-10H2,1-2H3/b7-4+. The summed E-state index contributed by atoms with van der Waals surface area (Å²) < 4.78 is 5.18. The monoisotopic (exact) mass is 207 g/mol. The number of nitrogens with one attached hydrogen (secondary N) is 1. The van der Waals surface area contributed by atoms with Gasteiger partial charge in [0, 0.05) is 6.54 Å². The van der Waals surface area contributed by atoms with Gasteiger partial charge >= 0.3 is 0 Å². The van der Waals surface area contributed by atoms with Gasteiger partial charge in [0.2, 0.25) is 0 Å². The van der Waals surface area contributed by atoms with Crippen molar-refractivity contribution in [3.8, 4) is 0 Å². The fourth-order valence-corrected chi connectivity index (χ4v) is 1.38. The first-order valence-electron chi connectivity index (χ1n) is 5.70. The van der Waals surface area contributed by atoms with Crippen molar-refractivity contribution in [3.63, 3.8) is 0 Å². The predicted octanol–water partition coefficient (Wildman–Crippen LogP) is 3.32. The van der Waals surface area contributed by atoms with Crippen LogP contribution in [-0.2, 0) is 0 Å². The van der Waals surface area contributed by atoms with Gasteiger partial charge in [0.25, 0.3) is 0 Å². The molecule has 0 aromatic carbocycles. The summed E-state index contributed by atoms with van der Waals surface area (Å²) in [5, 5.41) is 3.37. The molecule has 2 nitrogen and oxygen atoms in total. The second kappa shape index (κ2) is 7.30. The molecule has 0 aliphatic carbocycles. The molecule has 15 heavy (non-hydrogen) atoms. The summed E-state index contributed by atoms with van der Waals surface area (Å²) >= 11 is 0. The SMILES string of the molecule is CC(C)CCCNC/C=C/c1ccco1. The molecule has 84 valence electrons. The fourth-order valence-electron chi connectivity index (χ4n) is 1.38. The number of rotatable bonds is 7. The van der Waals surface area contributed by atoms with Crippen LogP contribution in [0.4, 0.5) is 0 Å². The van der Waals surface area contributed by atoms with Gasteiger partial charge in [0.05, 0.1) is 6.26 Å². The van der Waals surface area contributed by atoms with Gasteiger partial charge in [-0.1, -0.05) is 19.9 Å². The summed E-state index contributed by atoms with van der Waals surface area (Å²) in [4.78, 5) is 0. The van der Waals surface area contributed by atoms with Gasteiger partial charge in [-0.25, -0.2) is 0 Å². The van der Waals surface area contributed by atoms with Gasteiger partial charge < -0.3 is 9.73 Å². The van der Waals surface area contributed by atoms with E-state index in [1.54, 1.807) is 6.26 Å². The third kappa shape index (κ3) is 6.13. The molecule has 1 heterocycles. The lowest BCUT2D eigenvalue weighted by Gasteiger charge is -2.04. The molecule has 0 saturated heterocycles. The minimum Gasteiger partial charge on any atom is -0.465 e. The molecule has 0 aliphatic rings. The van der Waals surface area contributed by atoms with Crippen LogP contribution < -0.4 is 5.32 Å². The second-order valence-corrected chi connectivity index (χ2v) is 4.16. The normalized spacial score (nSPS) is 11.7.